The lowest BCUT2D eigenvalue weighted by Crippen LogP contribution is -2.34. The number of aliphatic hydroxyl groups is 1. The maximum Gasteiger partial charge on any atom is 0.305 e. The van der Waals surface area contributed by atoms with Gasteiger partial charge in [0, 0.05) is 30.9 Å². The summed E-state index contributed by atoms with van der Waals surface area (Å²) in [5, 5.41) is 10.1. The molecule has 1 aliphatic rings. The second-order valence-electron chi connectivity index (χ2n) is 7.36. The van der Waals surface area contributed by atoms with Crippen molar-refractivity contribution in [3.63, 3.8) is 0 Å². The van der Waals surface area contributed by atoms with Gasteiger partial charge in [0.05, 0.1) is 18.8 Å². The standard InChI is InChI=1S/C22H39NO4S2/c1-3-5-14-27-22(26)8-7-16-28-17-13-23-19(10-12-21(23)25)9-11-20(24)18-29-15-6-4-2/h9,11,19-20,24H,3-8,10,12-18H2,1-2H3/t19-,20?/m0/s1. The molecule has 1 saturated heterocycles. The minimum absolute atomic E-state index is 0.104. The lowest BCUT2D eigenvalue weighted by Gasteiger charge is -2.22. The number of ether oxygens (including phenoxy) is 1. The molecule has 0 radical (unpaired) electrons. The van der Waals surface area contributed by atoms with Crippen molar-refractivity contribution >= 4 is 35.4 Å². The Labute approximate surface area is 185 Å². The van der Waals surface area contributed by atoms with Crippen LogP contribution in [0.4, 0.5) is 0 Å². The van der Waals surface area contributed by atoms with Gasteiger partial charge in [0.2, 0.25) is 5.91 Å². The molecule has 1 fully saturated rings. The molecule has 1 rings (SSSR count). The predicted octanol–water partition coefficient (Wildman–Crippen LogP) is 4.28. The maximum absolute atomic E-state index is 12.2. The van der Waals surface area contributed by atoms with E-state index in [1.165, 1.54) is 12.8 Å². The van der Waals surface area contributed by atoms with Crippen molar-refractivity contribution in [2.45, 2.75) is 77.4 Å². The number of hydrogen-bond donors (Lipinski definition) is 1. The fraction of sp³-hybridized carbons (Fsp3) is 0.818. The first-order chi connectivity index (χ1) is 14.1. The largest absolute Gasteiger partial charge is 0.466 e. The molecule has 0 aromatic carbocycles. The van der Waals surface area contributed by atoms with E-state index in [1.807, 2.05) is 17.1 Å². The van der Waals surface area contributed by atoms with E-state index in [-0.39, 0.29) is 17.9 Å². The number of nitrogens with zero attached hydrogens (tertiary/aromatic N) is 1. The molecule has 0 spiro atoms. The van der Waals surface area contributed by atoms with E-state index in [9.17, 15) is 14.7 Å². The van der Waals surface area contributed by atoms with Crippen molar-refractivity contribution in [3.8, 4) is 0 Å². The minimum atomic E-state index is -0.444. The zero-order chi connectivity index (χ0) is 21.3. The molecular formula is C22H39NO4S2. The third-order valence-electron chi connectivity index (χ3n) is 4.77. The highest BCUT2D eigenvalue weighted by atomic mass is 32.2. The molecule has 0 bridgehead atoms. The number of carbonyl (C=O) groups excluding carboxylic acids is 2. The average Bonchev–Trinajstić information content (AvgIpc) is 3.06. The number of aliphatic hydroxyl groups excluding tert-OH is 1. The van der Waals surface area contributed by atoms with Crippen molar-refractivity contribution in [2.75, 3.05) is 36.2 Å². The van der Waals surface area contributed by atoms with E-state index in [2.05, 4.69) is 13.8 Å². The molecule has 29 heavy (non-hydrogen) atoms. The Morgan fingerprint density at radius 2 is 1.97 bits per heavy atom. The zero-order valence-electron chi connectivity index (χ0n) is 18.1. The Morgan fingerprint density at radius 1 is 1.21 bits per heavy atom. The quantitative estimate of drug-likeness (QED) is 0.205. The van der Waals surface area contributed by atoms with E-state index < -0.39 is 6.10 Å². The van der Waals surface area contributed by atoms with Crippen LogP contribution in [-0.4, -0.2) is 70.2 Å². The van der Waals surface area contributed by atoms with Crippen LogP contribution in [0.15, 0.2) is 12.2 Å². The van der Waals surface area contributed by atoms with Crippen LogP contribution in [0.1, 0.15) is 65.2 Å². The van der Waals surface area contributed by atoms with Crippen molar-refractivity contribution in [1.82, 2.24) is 4.90 Å². The highest BCUT2D eigenvalue weighted by Gasteiger charge is 2.28. The van der Waals surface area contributed by atoms with E-state index in [0.29, 0.717) is 25.2 Å². The highest BCUT2D eigenvalue weighted by Crippen LogP contribution is 2.21. The molecule has 1 heterocycles. The summed E-state index contributed by atoms with van der Waals surface area (Å²) in [6.07, 6.45) is 10.4. The van der Waals surface area contributed by atoms with Gasteiger partial charge in [-0.05, 0) is 37.2 Å². The van der Waals surface area contributed by atoms with Gasteiger partial charge in [0.25, 0.3) is 0 Å². The molecule has 0 aromatic rings. The van der Waals surface area contributed by atoms with Crippen molar-refractivity contribution in [3.05, 3.63) is 12.2 Å². The van der Waals surface area contributed by atoms with Crippen LogP contribution in [0.3, 0.4) is 0 Å². The molecule has 1 amide bonds. The van der Waals surface area contributed by atoms with E-state index in [4.69, 9.17) is 4.74 Å². The number of esters is 1. The van der Waals surface area contributed by atoms with Gasteiger partial charge in [-0.1, -0.05) is 38.8 Å². The summed E-state index contributed by atoms with van der Waals surface area (Å²) in [7, 11) is 0. The number of hydrogen-bond acceptors (Lipinski definition) is 6. The van der Waals surface area contributed by atoms with Crippen molar-refractivity contribution in [1.29, 1.82) is 0 Å². The molecule has 0 aliphatic carbocycles. The predicted molar refractivity (Wildman–Crippen MR) is 125 cm³/mol. The Balaban J connectivity index is 2.18. The Morgan fingerprint density at radius 3 is 2.72 bits per heavy atom. The average molecular weight is 446 g/mol. The van der Waals surface area contributed by atoms with Crippen LogP contribution < -0.4 is 0 Å². The molecule has 1 N–H and O–H groups in total. The number of amides is 1. The van der Waals surface area contributed by atoms with Crippen LogP contribution >= 0.6 is 23.5 Å². The SMILES string of the molecule is CCCCOC(=O)CCCSCCN1C(=O)CC[C@@H]1C=CC(O)CSCCCC. The summed E-state index contributed by atoms with van der Waals surface area (Å²) in [5.41, 5.74) is 0. The third-order valence-corrected chi connectivity index (χ3v) is 6.97. The Kier molecular flexibility index (Phi) is 15.5. The third kappa shape index (κ3) is 12.6. The van der Waals surface area contributed by atoms with Gasteiger partial charge < -0.3 is 14.7 Å². The number of rotatable bonds is 17. The van der Waals surface area contributed by atoms with Gasteiger partial charge in [0.1, 0.15) is 0 Å². The number of unbranched alkanes of at least 4 members (excludes halogenated alkanes) is 2. The number of likely N-dealkylation sites (tertiary alicyclic amines) is 1. The van der Waals surface area contributed by atoms with Gasteiger partial charge in [-0.2, -0.15) is 23.5 Å². The van der Waals surface area contributed by atoms with Crippen LogP contribution in [0, 0.1) is 0 Å². The lowest BCUT2D eigenvalue weighted by molar-refractivity contribution is -0.143. The smallest absolute Gasteiger partial charge is 0.305 e. The molecular weight excluding hydrogens is 406 g/mol. The summed E-state index contributed by atoms with van der Waals surface area (Å²) in [6.45, 7) is 5.50. The molecule has 5 nitrogen and oxygen atoms in total. The zero-order valence-corrected chi connectivity index (χ0v) is 19.8. The first-order valence-corrected chi connectivity index (χ1v) is 13.4. The first-order valence-electron chi connectivity index (χ1n) is 11.0. The molecule has 1 unspecified atom stereocenters. The summed E-state index contributed by atoms with van der Waals surface area (Å²) in [4.78, 5) is 25.6. The number of thioether (sulfide) groups is 2. The molecule has 168 valence electrons. The molecule has 0 aromatic heterocycles. The van der Waals surface area contributed by atoms with Gasteiger partial charge in [-0.15, -0.1) is 0 Å². The number of carbonyl (C=O) groups is 2. The van der Waals surface area contributed by atoms with E-state index in [0.717, 1.165) is 49.5 Å². The fourth-order valence-corrected chi connectivity index (χ4v) is 4.89. The van der Waals surface area contributed by atoms with E-state index in [1.54, 1.807) is 23.5 Å². The molecule has 7 heteroatoms. The van der Waals surface area contributed by atoms with Crippen molar-refractivity contribution < 1.29 is 19.4 Å². The van der Waals surface area contributed by atoms with Gasteiger partial charge in [-0.3, -0.25) is 9.59 Å². The maximum atomic E-state index is 12.2. The Bertz CT molecular complexity index is 487. The van der Waals surface area contributed by atoms with Gasteiger partial charge in [0.15, 0.2) is 0 Å². The molecule has 0 saturated carbocycles. The fourth-order valence-electron chi connectivity index (χ4n) is 2.99. The van der Waals surface area contributed by atoms with Crippen LogP contribution in [-0.2, 0) is 14.3 Å². The summed E-state index contributed by atoms with van der Waals surface area (Å²) in [6, 6.07) is 0.104. The minimum Gasteiger partial charge on any atom is -0.466 e. The normalized spacial score (nSPS) is 18.0. The van der Waals surface area contributed by atoms with E-state index >= 15 is 0 Å². The lowest BCUT2D eigenvalue weighted by atomic mass is 10.2. The highest BCUT2D eigenvalue weighted by molar-refractivity contribution is 7.99. The molecule has 1 aliphatic heterocycles. The molecule has 2 atom stereocenters. The van der Waals surface area contributed by atoms with Crippen LogP contribution in [0.25, 0.3) is 0 Å². The Hall–Kier alpha value is -0.660. The monoisotopic (exact) mass is 445 g/mol. The summed E-state index contributed by atoms with van der Waals surface area (Å²) < 4.78 is 5.15. The van der Waals surface area contributed by atoms with Crippen LogP contribution in [0.5, 0.6) is 0 Å². The van der Waals surface area contributed by atoms with Crippen LogP contribution in [0.2, 0.25) is 0 Å². The summed E-state index contributed by atoms with van der Waals surface area (Å²) in [5.74, 6) is 3.67. The van der Waals surface area contributed by atoms with Gasteiger partial charge in [-0.25, -0.2) is 0 Å². The van der Waals surface area contributed by atoms with Gasteiger partial charge >= 0.3 is 5.97 Å². The van der Waals surface area contributed by atoms with Crippen molar-refractivity contribution in [2.24, 2.45) is 0 Å². The second kappa shape index (κ2) is 17.1. The first kappa shape index (κ1) is 26.4. The second-order valence-corrected chi connectivity index (χ2v) is 9.74. The summed E-state index contributed by atoms with van der Waals surface area (Å²) >= 11 is 3.56. The topological polar surface area (TPSA) is 66.8 Å².